The molecule has 130 valence electrons. The topological polar surface area (TPSA) is 92.1 Å². The van der Waals surface area contributed by atoms with Gasteiger partial charge < -0.3 is 15.0 Å². The lowest BCUT2D eigenvalue weighted by atomic mass is 10.2. The Hall–Kier alpha value is -2.74. The fourth-order valence-corrected chi connectivity index (χ4v) is 3.26. The normalized spacial score (nSPS) is 11.0. The summed E-state index contributed by atoms with van der Waals surface area (Å²) in [6, 6.07) is 8.92. The zero-order valence-corrected chi connectivity index (χ0v) is 15.0. The summed E-state index contributed by atoms with van der Waals surface area (Å²) in [6.07, 6.45) is 1.80. The number of ether oxygens (including phenoxy) is 1. The van der Waals surface area contributed by atoms with Crippen molar-refractivity contribution < 1.29 is 9.53 Å². The average Bonchev–Trinajstić information content (AvgIpc) is 2.95. The van der Waals surface area contributed by atoms with Crippen molar-refractivity contribution in [3.63, 3.8) is 0 Å². The van der Waals surface area contributed by atoms with E-state index >= 15 is 0 Å². The SMILES string of the molecule is CCOC(=O)c1c(SC)nn(-c2cc(=O)n(C)c3ccccc23)c1N. The molecule has 0 bridgehead atoms. The van der Waals surface area contributed by atoms with Crippen LogP contribution >= 0.6 is 11.8 Å². The molecule has 0 aliphatic carbocycles. The number of pyridine rings is 1. The van der Waals surface area contributed by atoms with E-state index < -0.39 is 5.97 Å². The Morgan fingerprint density at radius 2 is 2.08 bits per heavy atom. The van der Waals surface area contributed by atoms with Crippen LogP contribution in [0.3, 0.4) is 0 Å². The van der Waals surface area contributed by atoms with Crippen molar-refractivity contribution in [2.75, 3.05) is 18.6 Å². The zero-order chi connectivity index (χ0) is 18.1. The Morgan fingerprint density at radius 3 is 2.76 bits per heavy atom. The van der Waals surface area contributed by atoms with Gasteiger partial charge in [0.05, 0.1) is 17.8 Å². The number of aryl methyl sites for hydroxylation is 1. The van der Waals surface area contributed by atoms with Crippen molar-refractivity contribution in [3.8, 4) is 5.69 Å². The number of hydrogen-bond donors (Lipinski definition) is 1. The van der Waals surface area contributed by atoms with E-state index in [0.717, 1.165) is 10.9 Å². The van der Waals surface area contributed by atoms with Gasteiger partial charge in [-0.15, -0.1) is 11.8 Å². The number of esters is 1. The maximum absolute atomic E-state index is 12.3. The lowest BCUT2D eigenvalue weighted by Gasteiger charge is -2.11. The summed E-state index contributed by atoms with van der Waals surface area (Å²) in [6.45, 7) is 1.97. The summed E-state index contributed by atoms with van der Waals surface area (Å²) < 4.78 is 8.07. The van der Waals surface area contributed by atoms with Crippen molar-refractivity contribution in [1.82, 2.24) is 14.3 Å². The van der Waals surface area contributed by atoms with Crippen LogP contribution in [0, 0.1) is 0 Å². The van der Waals surface area contributed by atoms with Gasteiger partial charge in [0.1, 0.15) is 16.4 Å². The highest BCUT2D eigenvalue weighted by molar-refractivity contribution is 7.98. The summed E-state index contributed by atoms with van der Waals surface area (Å²) in [7, 11) is 1.71. The van der Waals surface area contributed by atoms with Crippen LogP contribution in [-0.4, -0.2) is 33.2 Å². The smallest absolute Gasteiger partial charge is 0.344 e. The maximum Gasteiger partial charge on any atom is 0.344 e. The standard InChI is InChI=1S/C17H18N4O3S/c1-4-24-17(23)14-15(18)21(19-16(14)25-3)12-9-13(22)20(2)11-8-6-5-7-10(11)12/h5-9H,4,18H2,1-3H3. The third-order valence-electron chi connectivity index (χ3n) is 3.92. The molecule has 7 nitrogen and oxygen atoms in total. The predicted octanol–water partition coefficient (Wildman–Crippen LogP) is 2.21. The van der Waals surface area contributed by atoms with E-state index in [2.05, 4.69) is 5.10 Å². The number of hydrogen-bond acceptors (Lipinski definition) is 6. The average molecular weight is 358 g/mol. The fourth-order valence-electron chi connectivity index (χ4n) is 2.70. The van der Waals surface area contributed by atoms with Gasteiger partial charge in [-0.25, -0.2) is 9.48 Å². The molecule has 3 rings (SSSR count). The first-order valence-electron chi connectivity index (χ1n) is 7.68. The molecule has 0 radical (unpaired) electrons. The maximum atomic E-state index is 12.3. The van der Waals surface area contributed by atoms with Gasteiger partial charge in [-0.3, -0.25) is 4.79 Å². The Balaban J connectivity index is 2.32. The number of nitrogens with two attached hydrogens (primary N) is 1. The first-order valence-corrected chi connectivity index (χ1v) is 8.90. The summed E-state index contributed by atoms with van der Waals surface area (Å²) >= 11 is 1.30. The van der Waals surface area contributed by atoms with E-state index in [1.807, 2.05) is 24.3 Å². The van der Waals surface area contributed by atoms with Gasteiger partial charge >= 0.3 is 5.97 Å². The van der Waals surface area contributed by atoms with Crippen LogP contribution in [0.5, 0.6) is 0 Å². The molecule has 0 aliphatic heterocycles. The summed E-state index contributed by atoms with van der Waals surface area (Å²) in [5, 5.41) is 5.69. The highest BCUT2D eigenvalue weighted by Gasteiger charge is 2.24. The van der Waals surface area contributed by atoms with Gasteiger partial charge in [-0.2, -0.15) is 5.10 Å². The molecule has 1 aromatic carbocycles. The van der Waals surface area contributed by atoms with Gasteiger partial charge in [-0.1, -0.05) is 18.2 Å². The number of carbonyl (C=O) groups is 1. The van der Waals surface area contributed by atoms with Gasteiger partial charge in [-0.05, 0) is 19.2 Å². The number of nitrogen functional groups attached to an aromatic ring is 1. The first kappa shape index (κ1) is 17.1. The second-order valence-electron chi connectivity index (χ2n) is 5.35. The number of benzene rings is 1. The molecule has 0 atom stereocenters. The number of carbonyl (C=O) groups excluding carboxylic acids is 1. The first-order chi connectivity index (χ1) is 12.0. The molecule has 0 aliphatic rings. The molecule has 8 heteroatoms. The van der Waals surface area contributed by atoms with E-state index in [-0.39, 0.29) is 23.5 Å². The molecule has 2 N–H and O–H groups in total. The second-order valence-corrected chi connectivity index (χ2v) is 6.14. The number of thioether (sulfide) groups is 1. The number of para-hydroxylation sites is 1. The molecule has 0 spiro atoms. The Kier molecular flexibility index (Phi) is 4.54. The van der Waals surface area contributed by atoms with Crippen molar-refractivity contribution in [2.45, 2.75) is 11.9 Å². The van der Waals surface area contributed by atoms with Crippen molar-refractivity contribution in [2.24, 2.45) is 7.05 Å². The highest BCUT2D eigenvalue weighted by atomic mass is 32.2. The van der Waals surface area contributed by atoms with Crippen LogP contribution in [-0.2, 0) is 11.8 Å². The molecule has 0 amide bonds. The van der Waals surface area contributed by atoms with Crippen LogP contribution in [0.15, 0.2) is 40.2 Å². The lowest BCUT2D eigenvalue weighted by molar-refractivity contribution is 0.0523. The molecule has 2 aromatic heterocycles. The third-order valence-corrected chi connectivity index (χ3v) is 4.59. The Labute approximate surface area is 148 Å². The Morgan fingerprint density at radius 1 is 1.36 bits per heavy atom. The van der Waals surface area contributed by atoms with Crippen LogP contribution in [0.4, 0.5) is 5.82 Å². The fraction of sp³-hybridized carbons (Fsp3) is 0.235. The number of fused-ring (bicyclic) bond motifs is 1. The minimum Gasteiger partial charge on any atom is -0.462 e. The quantitative estimate of drug-likeness (QED) is 0.568. The van der Waals surface area contributed by atoms with Crippen LogP contribution in [0.25, 0.3) is 16.6 Å². The zero-order valence-electron chi connectivity index (χ0n) is 14.1. The number of anilines is 1. The summed E-state index contributed by atoms with van der Waals surface area (Å²) in [5.74, 6) is -0.370. The predicted molar refractivity (Wildman–Crippen MR) is 98.5 cm³/mol. The molecule has 3 aromatic rings. The van der Waals surface area contributed by atoms with Crippen LogP contribution in [0.2, 0.25) is 0 Å². The van der Waals surface area contributed by atoms with E-state index in [1.54, 1.807) is 24.8 Å². The van der Waals surface area contributed by atoms with E-state index in [0.29, 0.717) is 10.7 Å². The van der Waals surface area contributed by atoms with Gasteiger partial charge in [0.15, 0.2) is 0 Å². The third kappa shape index (κ3) is 2.78. The van der Waals surface area contributed by atoms with Crippen molar-refractivity contribution >= 4 is 34.5 Å². The van der Waals surface area contributed by atoms with Gasteiger partial charge in [0, 0.05) is 18.5 Å². The lowest BCUT2D eigenvalue weighted by Crippen LogP contribution is -2.18. The minimum absolute atomic E-state index is 0.154. The molecular weight excluding hydrogens is 340 g/mol. The number of aromatic nitrogens is 3. The highest BCUT2D eigenvalue weighted by Crippen LogP contribution is 2.30. The van der Waals surface area contributed by atoms with E-state index in [9.17, 15) is 9.59 Å². The second kappa shape index (κ2) is 6.64. The number of rotatable bonds is 4. The molecule has 0 fully saturated rings. The van der Waals surface area contributed by atoms with E-state index in [4.69, 9.17) is 10.5 Å². The summed E-state index contributed by atoms with van der Waals surface area (Å²) in [5.41, 5.74) is 7.52. The van der Waals surface area contributed by atoms with Crippen molar-refractivity contribution in [3.05, 3.63) is 46.2 Å². The van der Waals surface area contributed by atoms with Crippen LogP contribution in [0.1, 0.15) is 17.3 Å². The van der Waals surface area contributed by atoms with Crippen molar-refractivity contribution in [1.29, 1.82) is 0 Å². The van der Waals surface area contributed by atoms with E-state index in [1.165, 1.54) is 22.5 Å². The molecule has 0 saturated carbocycles. The molecule has 0 unspecified atom stereocenters. The number of nitrogens with zero attached hydrogens (tertiary/aromatic N) is 3. The Bertz CT molecular complexity index is 1020. The largest absolute Gasteiger partial charge is 0.462 e. The molecule has 25 heavy (non-hydrogen) atoms. The summed E-state index contributed by atoms with van der Waals surface area (Å²) in [4.78, 5) is 24.6. The molecule has 2 heterocycles. The van der Waals surface area contributed by atoms with Gasteiger partial charge in [0.2, 0.25) is 0 Å². The van der Waals surface area contributed by atoms with Crippen LogP contribution < -0.4 is 11.3 Å². The van der Waals surface area contributed by atoms with Gasteiger partial charge in [0.25, 0.3) is 5.56 Å². The molecular formula is C17H18N4O3S. The minimum atomic E-state index is -0.524. The monoisotopic (exact) mass is 358 g/mol. The molecule has 0 saturated heterocycles.